The molecule has 0 atom stereocenters. The average molecular weight is 345 g/mol. The number of amides is 1. The maximum Gasteiger partial charge on any atom is 0.254 e. The Bertz CT molecular complexity index is 564. The molecule has 0 aliphatic carbocycles. The van der Waals surface area contributed by atoms with Gasteiger partial charge in [-0.1, -0.05) is 6.92 Å². The molecule has 2 rings (SSSR count). The molecule has 1 aromatic heterocycles. The van der Waals surface area contributed by atoms with E-state index in [0.717, 1.165) is 18.7 Å². The summed E-state index contributed by atoms with van der Waals surface area (Å²) in [7, 11) is -3.13. The van der Waals surface area contributed by atoms with Crippen molar-refractivity contribution in [1.82, 2.24) is 14.5 Å². The smallest absolute Gasteiger partial charge is 0.254 e. The lowest BCUT2D eigenvalue weighted by Gasteiger charge is -2.34. The highest BCUT2D eigenvalue weighted by atomic mass is 32.2. The molecule has 0 spiro atoms. The van der Waals surface area contributed by atoms with Crippen molar-refractivity contribution in [3.8, 4) is 0 Å². The number of carbonyl (C=O) groups excluding carboxylic acids is 1. The van der Waals surface area contributed by atoms with Crippen molar-refractivity contribution in [2.75, 3.05) is 45.0 Å². The van der Waals surface area contributed by atoms with E-state index in [2.05, 4.69) is 9.62 Å². The van der Waals surface area contributed by atoms with Crippen LogP contribution in [0, 0.1) is 0 Å². The van der Waals surface area contributed by atoms with Crippen LogP contribution in [0.25, 0.3) is 0 Å². The van der Waals surface area contributed by atoms with Gasteiger partial charge in [0, 0.05) is 44.6 Å². The molecule has 0 bridgehead atoms. The summed E-state index contributed by atoms with van der Waals surface area (Å²) < 4.78 is 25.7. The lowest BCUT2D eigenvalue weighted by molar-refractivity contribution is 0.0640. The van der Waals surface area contributed by atoms with Gasteiger partial charge >= 0.3 is 0 Å². The van der Waals surface area contributed by atoms with Crippen LogP contribution in [-0.4, -0.2) is 69.1 Å². The lowest BCUT2D eigenvalue weighted by atomic mass is 10.2. The summed E-state index contributed by atoms with van der Waals surface area (Å²) in [6, 6.07) is 1.85. The molecule has 0 saturated carbocycles. The number of nitrogens with one attached hydrogen (secondary N) is 1. The minimum absolute atomic E-state index is 0.0875. The monoisotopic (exact) mass is 345 g/mol. The van der Waals surface area contributed by atoms with Crippen LogP contribution in [0.15, 0.2) is 16.8 Å². The van der Waals surface area contributed by atoms with Crippen molar-refractivity contribution in [3.63, 3.8) is 0 Å². The predicted molar refractivity (Wildman–Crippen MR) is 88.7 cm³/mol. The van der Waals surface area contributed by atoms with Crippen LogP contribution < -0.4 is 4.72 Å². The van der Waals surface area contributed by atoms with Crippen LogP contribution in [0.5, 0.6) is 0 Å². The van der Waals surface area contributed by atoms with E-state index < -0.39 is 10.0 Å². The fraction of sp³-hybridized carbons (Fsp3) is 0.643. The van der Waals surface area contributed by atoms with Gasteiger partial charge in [0.15, 0.2) is 0 Å². The molecule has 22 heavy (non-hydrogen) atoms. The van der Waals surface area contributed by atoms with E-state index in [0.29, 0.717) is 32.6 Å². The Hall–Kier alpha value is -0.960. The Balaban J connectivity index is 1.70. The molecule has 1 aliphatic heterocycles. The maximum atomic E-state index is 12.2. The van der Waals surface area contributed by atoms with Crippen molar-refractivity contribution >= 4 is 27.3 Å². The molecular formula is C14H23N3O3S2. The number of thiophene rings is 1. The van der Waals surface area contributed by atoms with Gasteiger partial charge in [0.2, 0.25) is 10.0 Å². The van der Waals surface area contributed by atoms with Crippen molar-refractivity contribution in [2.24, 2.45) is 0 Å². The zero-order chi connectivity index (χ0) is 16.0. The first-order chi connectivity index (χ1) is 10.5. The van der Waals surface area contributed by atoms with E-state index in [9.17, 15) is 13.2 Å². The van der Waals surface area contributed by atoms with Crippen LogP contribution >= 0.6 is 11.3 Å². The van der Waals surface area contributed by atoms with E-state index in [1.54, 1.807) is 0 Å². The van der Waals surface area contributed by atoms with Gasteiger partial charge in [0.1, 0.15) is 0 Å². The van der Waals surface area contributed by atoms with E-state index in [4.69, 9.17) is 0 Å². The zero-order valence-corrected chi connectivity index (χ0v) is 14.5. The number of piperazine rings is 1. The quantitative estimate of drug-likeness (QED) is 0.795. The molecule has 1 aromatic rings. The van der Waals surface area contributed by atoms with Crippen LogP contribution in [0.4, 0.5) is 0 Å². The Morgan fingerprint density at radius 2 is 2.05 bits per heavy atom. The van der Waals surface area contributed by atoms with Crippen LogP contribution in [0.2, 0.25) is 0 Å². The first kappa shape index (κ1) is 17.4. The van der Waals surface area contributed by atoms with Gasteiger partial charge in [0.25, 0.3) is 5.91 Å². The first-order valence-electron chi connectivity index (χ1n) is 7.53. The first-order valence-corrected chi connectivity index (χ1v) is 10.1. The summed E-state index contributed by atoms with van der Waals surface area (Å²) in [4.78, 5) is 16.3. The SMILES string of the molecule is CCCS(=O)(=O)NCCN1CCN(C(=O)c2ccsc2)CC1. The minimum atomic E-state index is -3.13. The van der Waals surface area contributed by atoms with Gasteiger partial charge in [-0.2, -0.15) is 11.3 Å². The van der Waals surface area contributed by atoms with Crippen molar-refractivity contribution < 1.29 is 13.2 Å². The molecule has 0 radical (unpaired) electrons. The second-order valence-corrected chi connectivity index (χ2v) is 8.07. The Morgan fingerprint density at radius 1 is 1.32 bits per heavy atom. The fourth-order valence-corrected chi connectivity index (χ4v) is 4.16. The molecule has 0 aromatic carbocycles. The van der Waals surface area contributed by atoms with Gasteiger partial charge in [-0.05, 0) is 17.9 Å². The minimum Gasteiger partial charge on any atom is -0.336 e. The van der Waals surface area contributed by atoms with Gasteiger partial charge < -0.3 is 4.90 Å². The van der Waals surface area contributed by atoms with Crippen LogP contribution in [0.3, 0.4) is 0 Å². The number of nitrogens with zero attached hydrogens (tertiary/aromatic N) is 2. The second kappa shape index (κ2) is 8.05. The van der Waals surface area contributed by atoms with Crippen molar-refractivity contribution in [2.45, 2.75) is 13.3 Å². The van der Waals surface area contributed by atoms with Gasteiger partial charge in [-0.3, -0.25) is 9.69 Å². The standard InChI is InChI=1S/C14H23N3O3S2/c1-2-11-22(19,20)15-4-5-16-6-8-17(9-7-16)14(18)13-3-10-21-12-13/h3,10,12,15H,2,4-9,11H2,1H3. The van der Waals surface area contributed by atoms with Crippen molar-refractivity contribution in [1.29, 1.82) is 0 Å². The zero-order valence-electron chi connectivity index (χ0n) is 12.8. The fourth-order valence-electron chi connectivity index (χ4n) is 2.44. The number of hydrogen-bond donors (Lipinski definition) is 1. The van der Waals surface area contributed by atoms with E-state index >= 15 is 0 Å². The molecule has 1 fully saturated rings. The maximum absolute atomic E-state index is 12.2. The third kappa shape index (κ3) is 5.05. The summed E-state index contributed by atoms with van der Waals surface area (Å²) in [6.45, 7) is 5.91. The molecule has 1 saturated heterocycles. The van der Waals surface area contributed by atoms with Crippen LogP contribution in [0.1, 0.15) is 23.7 Å². The molecule has 1 amide bonds. The number of hydrogen-bond acceptors (Lipinski definition) is 5. The summed E-state index contributed by atoms with van der Waals surface area (Å²) in [5.41, 5.74) is 0.755. The highest BCUT2D eigenvalue weighted by Crippen LogP contribution is 2.11. The average Bonchev–Trinajstić information content (AvgIpc) is 3.01. The number of sulfonamides is 1. The molecule has 2 heterocycles. The van der Waals surface area contributed by atoms with Gasteiger partial charge in [0.05, 0.1) is 11.3 Å². The molecule has 1 N–H and O–H groups in total. The molecule has 8 heteroatoms. The molecule has 1 aliphatic rings. The lowest BCUT2D eigenvalue weighted by Crippen LogP contribution is -2.50. The van der Waals surface area contributed by atoms with Crippen LogP contribution in [-0.2, 0) is 10.0 Å². The largest absolute Gasteiger partial charge is 0.336 e. The summed E-state index contributed by atoms with van der Waals surface area (Å²) in [6.07, 6.45) is 0.624. The van der Waals surface area contributed by atoms with Crippen molar-refractivity contribution in [3.05, 3.63) is 22.4 Å². The highest BCUT2D eigenvalue weighted by molar-refractivity contribution is 7.89. The molecule has 6 nitrogen and oxygen atoms in total. The molecular weight excluding hydrogens is 322 g/mol. The summed E-state index contributed by atoms with van der Waals surface area (Å²) in [5, 5.41) is 3.78. The topological polar surface area (TPSA) is 69.7 Å². The Morgan fingerprint density at radius 3 is 2.64 bits per heavy atom. The van der Waals surface area contributed by atoms with Gasteiger partial charge in [-0.15, -0.1) is 0 Å². The van der Waals surface area contributed by atoms with E-state index in [1.807, 2.05) is 28.7 Å². The third-order valence-corrected chi connectivity index (χ3v) is 5.92. The Labute approximate surface area is 136 Å². The van der Waals surface area contributed by atoms with Gasteiger partial charge in [-0.25, -0.2) is 13.1 Å². The molecule has 124 valence electrons. The number of rotatable bonds is 7. The number of carbonyl (C=O) groups is 1. The molecule has 0 unspecified atom stereocenters. The highest BCUT2D eigenvalue weighted by Gasteiger charge is 2.22. The third-order valence-electron chi connectivity index (χ3n) is 3.65. The second-order valence-electron chi connectivity index (χ2n) is 5.36. The normalized spacial score (nSPS) is 16.9. The predicted octanol–water partition coefficient (Wildman–Crippen LogP) is 0.835. The van der Waals surface area contributed by atoms with E-state index in [1.165, 1.54) is 11.3 Å². The Kier molecular flexibility index (Phi) is 6.37. The van der Waals surface area contributed by atoms with E-state index in [-0.39, 0.29) is 11.7 Å². The summed E-state index contributed by atoms with van der Waals surface area (Å²) >= 11 is 1.53. The summed E-state index contributed by atoms with van der Waals surface area (Å²) in [5.74, 6) is 0.264.